The van der Waals surface area contributed by atoms with Crippen LogP contribution in [0.3, 0.4) is 0 Å². The second-order valence-corrected chi connectivity index (χ2v) is 4.48. The number of azide groups is 1. The third-order valence-corrected chi connectivity index (χ3v) is 2.65. The molecule has 0 unspecified atom stereocenters. The molecule has 0 aliphatic heterocycles. The summed E-state index contributed by atoms with van der Waals surface area (Å²) >= 11 is 0. The minimum atomic E-state index is -1.21. The molecule has 0 spiro atoms. The van der Waals surface area contributed by atoms with E-state index in [1.165, 1.54) is 0 Å². The fraction of sp³-hybridized carbons (Fsp3) is 0.462. The summed E-state index contributed by atoms with van der Waals surface area (Å²) in [6.45, 7) is 3.55. The lowest BCUT2D eigenvalue weighted by molar-refractivity contribution is -0.150. The topological polar surface area (TPSA) is 95.3 Å². The molecule has 0 saturated carbocycles. The number of aliphatic hydroxyl groups excluding tert-OH is 1. The maximum Gasteiger partial charge on any atom is 0.317 e. The average Bonchev–Trinajstić information content (AvgIpc) is 2.42. The Morgan fingerprint density at radius 1 is 1.42 bits per heavy atom. The van der Waals surface area contributed by atoms with Crippen molar-refractivity contribution in [1.82, 2.24) is 0 Å². The molecule has 1 rings (SSSR count). The maximum atomic E-state index is 11.8. The van der Waals surface area contributed by atoms with Crippen LogP contribution in [-0.2, 0) is 16.1 Å². The van der Waals surface area contributed by atoms with E-state index in [4.69, 9.17) is 10.3 Å². The van der Waals surface area contributed by atoms with E-state index in [1.54, 1.807) is 13.8 Å². The van der Waals surface area contributed by atoms with Gasteiger partial charge < -0.3 is 9.84 Å². The molecule has 0 saturated heterocycles. The lowest BCUT2D eigenvalue weighted by Crippen LogP contribution is -2.37. The fourth-order valence-corrected chi connectivity index (χ4v) is 1.49. The number of benzene rings is 1. The highest BCUT2D eigenvalue weighted by molar-refractivity contribution is 5.76. The van der Waals surface area contributed by atoms with Crippen molar-refractivity contribution >= 4 is 5.97 Å². The zero-order valence-electron chi connectivity index (χ0n) is 10.9. The van der Waals surface area contributed by atoms with Gasteiger partial charge in [0.15, 0.2) is 6.04 Å². The Morgan fingerprint density at radius 3 is 2.58 bits per heavy atom. The molecule has 0 heterocycles. The molecular formula is C13H17N3O3. The Bertz CT molecular complexity index is 455. The number of aliphatic hydroxyl groups is 1. The van der Waals surface area contributed by atoms with E-state index >= 15 is 0 Å². The SMILES string of the molecule is CC(C)[C@H](O)[C@H](N=[N+]=[N-])C(=O)OCc1ccccc1. The van der Waals surface area contributed by atoms with Crippen LogP contribution in [0.1, 0.15) is 19.4 Å². The van der Waals surface area contributed by atoms with Crippen LogP contribution in [0.25, 0.3) is 10.4 Å². The van der Waals surface area contributed by atoms with Gasteiger partial charge in [0.25, 0.3) is 0 Å². The largest absolute Gasteiger partial charge is 0.460 e. The Kier molecular flexibility index (Phi) is 5.85. The molecule has 1 aromatic carbocycles. The number of hydrogen-bond donors (Lipinski definition) is 1. The predicted octanol–water partition coefficient (Wildman–Crippen LogP) is 2.43. The predicted molar refractivity (Wildman–Crippen MR) is 70.0 cm³/mol. The van der Waals surface area contributed by atoms with E-state index in [-0.39, 0.29) is 12.5 Å². The van der Waals surface area contributed by atoms with Crippen molar-refractivity contribution in [2.45, 2.75) is 32.6 Å². The molecule has 0 radical (unpaired) electrons. The van der Waals surface area contributed by atoms with Crippen LogP contribution < -0.4 is 0 Å². The molecule has 0 aliphatic carbocycles. The summed E-state index contributed by atoms with van der Waals surface area (Å²) in [5.41, 5.74) is 9.27. The van der Waals surface area contributed by atoms with Crippen LogP contribution in [0.15, 0.2) is 35.4 Å². The van der Waals surface area contributed by atoms with Crippen LogP contribution in [0.2, 0.25) is 0 Å². The van der Waals surface area contributed by atoms with Crippen molar-refractivity contribution in [3.8, 4) is 0 Å². The first kappa shape index (κ1) is 15.0. The van der Waals surface area contributed by atoms with Gasteiger partial charge in [-0.3, -0.25) is 4.79 Å². The Morgan fingerprint density at radius 2 is 2.05 bits per heavy atom. The van der Waals surface area contributed by atoms with Gasteiger partial charge in [-0.15, -0.1) is 0 Å². The van der Waals surface area contributed by atoms with Crippen LogP contribution >= 0.6 is 0 Å². The van der Waals surface area contributed by atoms with Crippen molar-refractivity contribution < 1.29 is 14.6 Å². The molecule has 6 nitrogen and oxygen atoms in total. The van der Waals surface area contributed by atoms with Gasteiger partial charge in [0.05, 0.1) is 6.10 Å². The summed E-state index contributed by atoms with van der Waals surface area (Å²) < 4.78 is 5.05. The fourth-order valence-electron chi connectivity index (χ4n) is 1.49. The second-order valence-electron chi connectivity index (χ2n) is 4.48. The van der Waals surface area contributed by atoms with Crippen molar-refractivity contribution in [1.29, 1.82) is 0 Å². The zero-order valence-corrected chi connectivity index (χ0v) is 10.9. The number of carbonyl (C=O) groups excluding carboxylic acids is 1. The highest BCUT2D eigenvalue weighted by atomic mass is 16.5. The standard InChI is InChI=1S/C13H17N3O3/c1-9(2)12(17)11(15-16-14)13(18)19-8-10-6-4-3-5-7-10/h3-7,9,11-12,17H,8H2,1-2H3/t11-,12-/m0/s1. The normalized spacial score (nSPS) is 13.5. The number of nitrogens with zero attached hydrogens (tertiary/aromatic N) is 3. The first-order chi connectivity index (χ1) is 9.06. The van der Waals surface area contributed by atoms with Gasteiger partial charge in [0.2, 0.25) is 0 Å². The summed E-state index contributed by atoms with van der Waals surface area (Å²) in [5, 5.41) is 13.1. The van der Waals surface area contributed by atoms with Gasteiger partial charge in [0, 0.05) is 4.91 Å². The van der Waals surface area contributed by atoms with Crippen LogP contribution in [-0.4, -0.2) is 23.2 Å². The van der Waals surface area contributed by atoms with E-state index in [9.17, 15) is 9.90 Å². The Labute approximate surface area is 111 Å². The van der Waals surface area contributed by atoms with E-state index in [0.717, 1.165) is 5.56 Å². The molecule has 0 aromatic heterocycles. The molecule has 102 valence electrons. The minimum absolute atomic E-state index is 0.0853. The number of hydrogen-bond acceptors (Lipinski definition) is 4. The van der Waals surface area contributed by atoms with Gasteiger partial charge in [-0.05, 0) is 17.0 Å². The van der Waals surface area contributed by atoms with E-state index in [1.807, 2.05) is 30.3 Å². The third-order valence-electron chi connectivity index (χ3n) is 2.65. The smallest absolute Gasteiger partial charge is 0.317 e. The van der Waals surface area contributed by atoms with Crippen LogP contribution in [0.4, 0.5) is 0 Å². The Hall–Kier alpha value is -2.04. The summed E-state index contributed by atoms with van der Waals surface area (Å²) in [6, 6.07) is 7.93. The molecule has 0 amide bonds. The van der Waals surface area contributed by atoms with Crippen molar-refractivity contribution in [2.75, 3.05) is 0 Å². The summed E-state index contributed by atoms with van der Waals surface area (Å²) in [5.74, 6) is -0.928. The monoisotopic (exact) mass is 263 g/mol. The van der Waals surface area contributed by atoms with Gasteiger partial charge in [0.1, 0.15) is 6.61 Å². The molecule has 1 aromatic rings. The Balaban J connectivity index is 2.65. The number of rotatable bonds is 6. The second kappa shape index (κ2) is 7.41. The summed E-state index contributed by atoms with van der Waals surface area (Å²) in [7, 11) is 0. The summed E-state index contributed by atoms with van der Waals surface area (Å²) in [4.78, 5) is 14.4. The first-order valence-electron chi connectivity index (χ1n) is 5.99. The maximum absolute atomic E-state index is 11.8. The highest BCUT2D eigenvalue weighted by Gasteiger charge is 2.29. The van der Waals surface area contributed by atoms with E-state index in [0.29, 0.717) is 0 Å². The molecule has 2 atom stereocenters. The van der Waals surface area contributed by atoms with Gasteiger partial charge in [-0.1, -0.05) is 49.3 Å². The van der Waals surface area contributed by atoms with Gasteiger partial charge in [-0.25, -0.2) is 0 Å². The zero-order chi connectivity index (χ0) is 14.3. The van der Waals surface area contributed by atoms with E-state index < -0.39 is 18.1 Å². The molecule has 6 heteroatoms. The van der Waals surface area contributed by atoms with Crippen LogP contribution in [0.5, 0.6) is 0 Å². The lowest BCUT2D eigenvalue weighted by atomic mass is 10.0. The average molecular weight is 263 g/mol. The number of ether oxygens (including phenoxy) is 1. The van der Waals surface area contributed by atoms with Crippen molar-refractivity contribution in [3.05, 3.63) is 46.3 Å². The van der Waals surface area contributed by atoms with E-state index in [2.05, 4.69) is 10.0 Å². The number of esters is 1. The van der Waals surface area contributed by atoms with Crippen molar-refractivity contribution in [3.63, 3.8) is 0 Å². The molecule has 19 heavy (non-hydrogen) atoms. The van der Waals surface area contributed by atoms with Crippen molar-refractivity contribution in [2.24, 2.45) is 11.0 Å². The third kappa shape index (κ3) is 4.62. The first-order valence-corrected chi connectivity index (χ1v) is 5.99. The number of carbonyl (C=O) groups is 1. The van der Waals surface area contributed by atoms with Gasteiger partial charge in [-0.2, -0.15) is 0 Å². The molecular weight excluding hydrogens is 246 g/mol. The minimum Gasteiger partial charge on any atom is -0.460 e. The highest BCUT2D eigenvalue weighted by Crippen LogP contribution is 2.13. The molecule has 0 fully saturated rings. The van der Waals surface area contributed by atoms with Crippen LogP contribution in [0, 0.1) is 5.92 Å². The quantitative estimate of drug-likeness (QED) is 0.369. The lowest BCUT2D eigenvalue weighted by Gasteiger charge is -2.20. The molecule has 0 bridgehead atoms. The van der Waals surface area contributed by atoms with Gasteiger partial charge >= 0.3 is 5.97 Å². The molecule has 0 aliphatic rings. The summed E-state index contributed by atoms with van der Waals surface area (Å²) in [6.07, 6.45) is -1.06. The molecule has 1 N–H and O–H groups in total.